The van der Waals surface area contributed by atoms with Crippen molar-refractivity contribution in [2.45, 2.75) is 0 Å². The molecule has 0 amide bonds. The Labute approximate surface area is 367 Å². The van der Waals surface area contributed by atoms with E-state index in [9.17, 15) is 0 Å². The van der Waals surface area contributed by atoms with Gasteiger partial charge in [-0.2, -0.15) is 0 Å². The second kappa shape index (κ2) is 14.0. The molecule has 0 saturated carbocycles. The zero-order chi connectivity index (χ0) is 40.7. The lowest BCUT2D eigenvalue weighted by Gasteiger charge is -2.29. The van der Waals surface area contributed by atoms with Crippen LogP contribution in [0, 0.1) is 0 Å². The molecule has 10 aromatic carbocycles. The Morgan fingerprint density at radius 1 is 0.339 bits per heavy atom. The van der Waals surface area contributed by atoms with Gasteiger partial charge in [0.15, 0.2) is 0 Å². The Kier molecular flexibility index (Phi) is 7.99. The molecule has 2 nitrogen and oxygen atoms in total. The third-order valence-corrected chi connectivity index (χ3v) is 14.9. The van der Waals surface area contributed by atoms with Gasteiger partial charge in [0, 0.05) is 79.5 Å². The smallest absolute Gasteiger partial charge is 0.0618 e. The zero-order valence-electron chi connectivity index (χ0n) is 33.5. The van der Waals surface area contributed by atoms with Gasteiger partial charge in [0.25, 0.3) is 0 Å². The lowest BCUT2D eigenvalue weighted by Crippen LogP contribution is -2.12. The summed E-state index contributed by atoms with van der Waals surface area (Å²) < 4.78 is 5.19. The molecule has 0 atom stereocenters. The number of nitrogens with zero attached hydrogens (tertiary/aromatic N) is 2. The number of hydrogen-bond acceptors (Lipinski definition) is 4. The second-order valence-electron chi connectivity index (χ2n) is 16.0. The fourth-order valence-electron chi connectivity index (χ4n) is 9.79. The minimum absolute atomic E-state index is 1.12. The highest BCUT2D eigenvalue weighted by Gasteiger charge is 2.28. The Balaban J connectivity index is 0.987. The predicted molar refractivity (Wildman–Crippen MR) is 269 cm³/mol. The third-order valence-electron chi connectivity index (χ3n) is 12.6. The first kappa shape index (κ1) is 35.3. The van der Waals surface area contributed by atoms with Crippen LogP contribution in [0.4, 0.5) is 34.1 Å². The second-order valence-corrected chi connectivity index (χ2v) is 18.2. The van der Waals surface area contributed by atoms with E-state index in [4.69, 9.17) is 0 Å². The molecule has 62 heavy (non-hydrogen) atoms. The van der Waals surface area contributed by atoms with E-state index in [0.717, 1.165) is 28.3 Å². The average molecular weight is 825 g/mol. The van der Waals surface area contributed by atoms with Crippen LogP contribution in [-0.2, 0) is 0 Å². The predicted octanol–water partition coefficient (Wildman–Crippen LogP) is 17.8. The first-order chi connectivity index (χ1) is 30.7. The van der Waals surface area contributed by atoms with Crippen molar-refractivity contribution in [3.63, 3.8) is 0 Å². The topological polar surface area (TPSA) is 6.48 Å². The number of hydrogen-bond donors (Lipinski definition) is 0. The molecule has 290 valence electrons. The molecule has 0 spiro atoms. The van der Waals surface area contributed by atoms with Gasteiger partial charge in [0.1, 0.15) is 0 Å². The summed E-state index contributed by atoms with van der Waals surface area (Å²) in [6.45, 7) is 0. The molecule has 13 rings (SSSR count). The van der Waals surface area contributed by atoms with Gasteiger partial charge in [0.2, 0.25) is 0 Å². The number of thiophene rings is 2. The van der Waals surface area contributed by atoms with Crippen LogP contribution in [0.2, 0.25) is 0 Å². The van der Waals surface area contributed by atoms with Crippen LogP contribution in [0.15, 0.2) is 218 Å². The molecular weight excluding hydrogens is 789 g/mol. The molecule has 4 heteroatoms. The Morgan fingerprint density at radius 2 is 0.855 bits per heavy atom. The largest absolute Gasteiger partial charge is 0.310 e. The molecule has 12 aromatic rings. The molecule has 1 aliphatic rings. The maximum absolute atomic E-state index is 2.48. The normalized spacial score (nSPS) is 12.2. The zero-order valence-corrected chi connectivity index (χ0v) is 35.1. The summed E-state index contributed by atoms with van der Waals surface area (Å²) >= 11 is 3.73. The highest BCUT2D eigenvalue weighted by Crippen LogP contribution is 2.53. The van der Waals surface area contributed by atoms with Crippen molar-refractivity contribution >= 4 is 108 Å². The summed E-state index contributed by atoms with van der Waals surface area (Å²) in [5.74, 6) is 0. The van der Waals surface area contributed by atoms with Crippen LogP contribution in [-0.4, -0.2) is 0 Å². The van der Waals surface area contributed by atoms with Gasteiger partial charge in [-0.25, -0.2) is 0 Å². The van der Waals surface area contributed by atoms with Crippen molar-refractivity contribution in [1.29, 1.82) is 0 Å². The minimum Gasteiger partial charge on any atom is -0.310 e. The summed E-state index contributed by atoms with van der Waals surface area (Å²) in [5, 5.41) is 7.67. The summed E-state index contributed by atoms with van der Waals surface area (Å²) in [5.41, 5.74) is 14.2. The van der Waals surface area contributed by atoms with E-state index in [1.165, 1.54) is 90.3 Å². The number of anilines is 6. The van der Waals surface area contributed by atoms with Crippen LogP contribution >= 0.6 is 22.7 Å². The Bertz CT molecular complexity index is 3610. The maximum Gasteiger partial charge on any atom is 0.0618 e. The van der Waals surface area contributed by atoms with Gasteiger partial charge >= 0.3 is 0 Å². The molecule has 0 N–H and O–H groups in total. The van der Waals surface area contributed by atoms with Crippen LogP contribution in [0.1, 0.15) is 0 Å². The molecule has 0 unspecified atom stereocenters. The summed E-state index contributed by atoms with van der Waals surface area (Å²) in [6, 6.07) is 80.6. The van der Waals surface area contributed by atoms with Gasteiger partial charge in [-0.05, 0) is 82.7 Å². The highest BCUT2D eigenvalue weighted by atomic mass is 32.1. The van der Waals surface area contributed by atoms with Gasteiger partial charge in [-0.1, -0.05) is 158 Å². The fraction of sp³-hybridized carbons (Fsp3) is 0. The van der Waals surface area contributed by atoms with Crippen molar-refractivity contribution < 1.29 is 0 Å². The lowest BCUT2D eigenvalue weighted by atomic mass is 9.93. The molecule has 1 aliphatic heterocycles. The minimum atomic E-state index is 1.12. The van der Waals surface area contributed by atoms with E-state index >= 15 is 0 Å². The van der Waals surface area contributed by atoms with Crippen LogP contribution in [0.3, 0.4) is 0 Å². The van der Waals surface area contributed by atoms with Gasteiger partial charge in [-0.15, -0.1) is 22.7 Å². The standard InChI is InChI=1S/C58H36N2S2/c1-2-15-43-37(13-1)27-32-51-45-17-4-3-16-44(45)46-18-6-10-22-53(46)60(58(43)51)39-28-25-38(26-29-39)42-14-5-9-21-52(42)59(40-30-33-49-47-19-7-11-23-54(47)61-56(49)35-40)41-31-34-50-48-20-8-12-24-55(48)62-57(50)36-41/h1-36H. The average Bonchev–Trinajstić information content (AvgIpc) is 3.86. The highest BCUT2D eigenvalue weighted by molar-refractivity contribution is 7.26. The molecule has 3 heterocycles. The van der Waals surface area contributed by atoms with E-state index in [2.05, 4.69) is 228 Å². The molecule has 0 radical (unpaired) electrons. The molecule has 0 bridgehead atoms. The Morgan fingerprint density at radius 3 is 1.53 bits per heavy atom. The summed E-state index contributed by atoms with van der Waals surface area (Å²) in [4.78, 5) is 4.94. The number of para-hydroxylation sites is 2. The molecule has 0 aliphatic carbocycles. The quantitative estimate of drug-likeness (QED) is 0.171. The molecule has 0 fully saturated rings. The van der Waals surface area contributed by atoms with E-state index in [0.29, 0.717) is 0 Å². The van der Waals surface area contributed by atoms with Crippen molar-refractivity contribution in [2.75, 3.05) is 9.80 Å². The van der Waals surface area contributed by atoms with E-state index in [1.54, 1.807) is 0 Å². The van der Waals surface area contributed by atoms with Crippen molar-refractivity contribution in [3.8, 4) is 33.4 Å². The van der Waals surface area contributed by atoms with E-state index < -0.39 is 0 Å². The SMILES string of the molecule is c1ccc2c(c1)-c1ccccc1N(c1ccc(-c3ccccc3N(c3ccc4c(c3)sc3ccccc34)c3ccc4c(c3)sc3ccccc34)cc1)c1c-2ccc2ccccc12. The summed E-state index contributed by atoms with van der Waals surface area (Å²) in [6.07, 6.45) is 0. The van der Waals surface area contributed by atoms with Crippen molar-refractivity contribution in [1.82, 2.24) is 0 Å². The van der Waals surface area contributed by atoms with Gasteiger partial charge in [-0.3, -0.25) is 0 Å². The molecule has 2 aromatic heterocycles. The number of fused-ring (bicyclic) bond motifs is 13. The van der Waals surface area contributed by atoms with Gasteiger partial charge in [0.05, 0.1) is 17.1 Å². The first-order valence-electron chi connectivity index (χ1n) is 21.1. The lowest BCUT2D eigenvalue weighted by molar-refractivity contribution is 1.29. The number of rotatable bonds is 5. The van der Waals surface area contributed by atoms with Crippen molar-refractivity contribution in [2.24, 2.45) is 0 Å². The maximum atomic E-state index is 2.48. The Hall–Kier alpha value is -7.50. The monoisotopic (exact) mass is 824 g/mol. The van der Waals surface area contributed by atoms with E-state index in [1.807, 2.05) is 22.7 Å². The third kappa shape index (κ3) is 5.47. The van der Waals surface area contributed by atoms with Crippen LogP contribution in [0.25, 0.3) is 84.5 Å². The van der Waals surface area contributed by atoms with E-state index in [-0.39, 0.29) is 0 Å². The van der Waals surface area contributed by atoms with Gasteiger partial charge < -0.3 is 9.80 Å². The molecular formula is C58H36N2S2. The van der Waals surface area contributed by atoms with Crippen LogP contribution < -0.4 is 9.80 Å². The van der Waals surface area contributed by atoms with Crippen molar-refractivity contribution in [3.05, 3.63) is 218 Å². The van der Waals surface area contributed by atoms with Crippen LogP contribution in [0.5, 0.6) is 0 Å². The number of benzene rings is 10. The fourth-order valence-corrected chi connectivity index (χ4v) is 12.1. The first-order valence-corrected chi connectivity index (χ1v) is 22.7. The summed E-state index contributed by atoms with van der Waals surface area (Å²) in [7, 11) is 0. The molecule has 0 saturated heterocycles.